The molecule has 136 valence electrons. The van der Waals surface area contributed by atoms with Gasteiger partial charge in [-0.1, -0.05) is 6.07 Å². The molecule has 4 atom stereocenters. The number of ether oxygens (including phenoxy) is 1. The van der Waals surface area contributed by atoms with Gasteiger partial charge in [-0.05, 0) is 36.5 Å². The first-order chi connectivity index (χ1) is 11.7. The third-order valence-electron chi connectivity index (χ3n) is 5.81. The Hall–Kier alpha value is -1.67. The fourth-order valence-electron chi connectivity index (χ4n) is 4.50. The highest BCUT2D eigenvalue weighted by Crippen LogP contribution is 2.62. The Labute approximate surface area is 141 Å². The van der Waals surface area contributed by atoms with Crippen molar-refractivity contribution < 1.29 is 27.1 Å². The lowest BCUT2D eigenvalue weighted by Crippen LogP contribution is -2.50. The van der Waals surface area contributed by atoms with Crippen LogP contribution in [0.5, 0.6) is 0 Å². The predicted octanol–water partition coefficient (Wildman–Crippen LogP) is 2.18. The molecule has 3 N–H and O–H groups in total. The van der Waals surface area contributed by atoms with Crippen molar-refractivity contribution in [3.63, 3.8) is 0 Å². The maximum absolute atomic E-state index is 14.6. The van der Waals surface area contributed by atoms with Crippen molar-refractivity contribution in [3.05, 3.63) is 35.1 Å². The van der Waals surface area contributed by atoms with E-state index in [-0.39, 0.29) is 23.3 Å². The second-order valence-corrected chi connectivity index (χ2v) is 7.29. The number of carbonyl (C=O) groups is 1. The monoisotopic (exact) mass is 358 g/mol. The minimum absolute atomic E-state index is 0.00960. The summed E-state index contributed by atoms with van der Waals surface area (Å²) in [4.78, 5) is 11.5. The lowest BCUT2D eigenvalue weighted by Gasteiger charge is -2.39. The fourth-order valence-corrected chi connectivity index (χ4v) is 4.50. The van der Waals surface area contributed by atoms with Crippen molar-refractivity contribution in [2.24, 2.45) is 17.6 Å². The summed E-state index contributed by atoms with van der Waals surface area (Å²) < 4.78 is 58.3. The van der Waals surface area contributed by atoms with Gasteiger partial charge >= 0.3 is 6.18 Å². The van der Waals surface area contributed by atoms with Gasteiger partial charge < -0.3 is 10.5 Å². The molecule has 1 aromatic rings. The Bertz CT molecular complexity index is 719. The summed E-state index contributed by atoms with van der Waals surface area (Å²) in [7, 11) is 0. The smallest absolute Gasteiger partial charge is 0.381 e. The Kier molecular flexibility index (Phi) is 3.63. The number of hydrogen-bond acceptors (Lipinski definition) is 3. The third kappa shape index (κ3) is 2.62. The summed E-state index contributed by atoms with van der Waals surface area (Å²) >= 11 is 0. The number of amides is 1. The van der Waals surface area contributed by atoms with E-state index in [1.54, 1.807) is 0 Å². The number of benzene rings is 1. The van der Waals surface area contributed by atoms with E-state index < -0.39 is 35.0 Å². The molecule has 1 amide bonds. The number of fused-ring (bicyclic) bond motifs is 1. The SMILES string of the molecule is NC(=O)C1CC2CC2([C@@H](c2ccc(C(F)(F)F)cc2F)C2COC2)N1. The summed E-state index contributed by atoms with van der Waals surface area (Å²) in [5.41, 5.74) is 4.14. The van der Waals surface area contributed by atoms with Crippen LogP contribution in [0, 0.1) is 17.7 Å². The van der Waals surface area contributed by atoms with E-state index in [4.69, 9.17) is 10.5 Å². The summed E-state index contributed by atoms with van der Waals surface area (Å²) in [5.74, 6) is -1.47. The van der Waals surface area contributed by atoms with Crippen molar-refractivity contribution in [2.75, 3.05) is 13.2 Å². The summed E-state index contributed by atoms with van der Waals surface area (Å²) in [5, 5.41) is 3.24. The van der Waals surface area contributed by atoms with E-state index in [2.05, 4.69) is 5.32 Å². The molecule has 0 radical (unpaired) electrons. The van der Waals surface area contributed by atoms with Gasteiger partial charge in [0, 0.05) is 17.4 Å². The fraction of sp³-hybridized carbons (Fsp3) is 0.588. The van der Waals surface area contributed by atoms with E-state index in [0.29, 0.717) is 25.7 Å². The Morgan fingerprint density at radius 1 is 1.36 bits per heavy atom. The molecule has 0 bridgehead atoms. The standard InChI is InChI=1S/C17H18F4N2O2/c18-12-3-9(17(19,20)21)1-2-11(12)14(8-6-25-7-8)16-5-10(16)4-13(23-16)15(22)24/h1-3,8,10,13-14,23H,4-7H2,(H2,22,24)/t10?,13?,14-,16?/m1/s1. The van der Waals surface area contributed by atoms with Gasteiger partial charge in [0.2, 0.25) is 5.91 Å². The molecule has 25 heavy (non-hydrogen) atoms. The van der Waals surface area contributed by atoms with Crippen LogP contribution in [0.1, 0.15) is 29.9 Å². The highest BCUT2D eigenvalue weighted by Gasteiger charge is 2.67. The van der Waals surface area contributed by atoms with Crippen LogP contribution in [-0.4, -0.2) is 30.7 Å². The Balaban J connectivity index is 1.69. The first kappa shape index (κ1) is 16.8. The van der Waals surface area contributed by atoms with E-state index in [1.165, 1.54) is 6.07 Å². The second-order valence-electron chi connectivity index (χ2n) is 7.29. The molecule has 3 unspecified atom stereocenters. The molecule has 1 aromatic carbocycles. The van der Waals surface area contributed by atoms with Gasteiger partial charge in [0.05, 0.1) is 24.8 Å². The van der Waals surface area contributed by atoms with Gasteiger partial charge in [0.1, 0.15) is 5.82 Å². The molecule has 1 aliphatic carbocycles. The number of rotatable bonds is 4. The summed E-state index contributed by atoms with van der Waals surface area (Å²) in [6.07, 6.45) is -3.24. The Morgan fingerprint density at radius 3 is 2.56 bits per heavy atom. The number of primary amides is 1. The number of halogens is 4. The molecule has 8 heteroatoms. The van der Waals surface area contributed by atoms with Crippen LogP contribution in [0.15, 0.2) is 18.2 Å². The van der Waals surface area contributed by atoms with Crippen LogP contribution in [-0.2, 0) is 15.7 Å². The van der Waals surface area contributed by atoms with Crippen LogP contribution < -0.4 is 11.1 Å². The molecule has 3 aliphatic rings. The largest absolute Gasteiger partial charge is 0.416 e. The molecule has 2 heterocycles. The van der Waals surface area contributed by atoms with Crippen LogP contribution in [0.2, 0.25) is 0 Å². The number of alkyl halides is 3. The van der Waals surface area contributed by atoms with Gasteiger partial charge in [-0.25, -0.2) is 4.39 Å². The minimum Gasteiger partial charge on any atom is -0.381 e. The zero-order valence-electron chi connectivity index (χ0n) is 13.3. The average molecular weight is 358 g/mol. The maximum atomic E-state index is 14.6. The zero-order chi connectivity index (χ0) is 18.0. The number of carbonyl (C=O) groups excluding carboxylic acids is 1. The van der Waals surface area contributed by atoms with Crippen LogP contribution in [0.25, 0.3) is 0 Å². The topological polar surface area (TPSA) is 64.4 Å². The molecule has 1 saturated carbocycles. The van der Waals surface area contributed by atoms with Crippen LogP contribution in [0.3, 0.4) is 0 Å². The molecule has 4 rings (SSSR count). The lowest BCUT2D eigenvalue weighted by atomic mass is 9.76. The normalized spacial score (nSPS) is 32.8. The van der Waals surface area contributed by atoms with E-state index in [9.17, 15) is 22.4 Å². The van der Waals surface area contributed by atoms with Crippen molar-refractivity contribution >= 4 is 5.91 Å². The van der Waals surface area contributed by atoms with Gasteiger partial charge in [-0.2, -0.15) is 13.2 Å². The lowest BCUT2D eigenvalue weighted by molar-refractivity contribution is -0.137. The number of piperidine rings is 1. The molecule has 2 aliphatic heterocycles. The zero-order valence-corrected chi connectivity index (χ0v) is 13.3. The first-order valence-electron chi connectivity index (χ1n) is 8.24. The maximum Gasteiger partial charge on any atom is 0.416 e. The molecular formula is C17H18F4N2O2. The Morgan fingerprint density at radius 2 is 2.08 bits per heavy atom. The van der Waals surface area contributed by atoms with E-state index >= 15 is 0 Å². The number of nitrogens with one attached hydrogen (secondary N) is 1. The van der Waals surface area contributed by atoms with Crippen molar-refractivity contribution in [1.29, 1.82) is 0 Å². The highest BCUT2D eigenvalue weighted by atomic mass is 19.4. The van der Waals surface area contributed by atoms with Gasteiger partial charge in [-0.15, -0.1) is 0 Å². The van der Waals surface area contributed by atoms with Crippen molar-refractivity contribution in [2.45, 2.75) is 36.5 Å². The first-order valence-corrected chi connectivity index (χ1v) is 8.24. The molecule has 3 fully saturated rings. The number of nitrogens with two attached hydrogens (primary N) is 1. The second kappa shape index (κ2) is 5.41. The summed E-state index contributed by atoms with van der Waals surface area (Å²) in [6.45, 7) is 0.866. The third-order valence-corrected chi connectivity index (χ3v) is 5.81. The minimum atomic E-state index is -4.59. The predicted molar refractivity (Wildman–Crippen MR) is 80.0 cm³/mol. The molecule has 0 aromatic heterocycles. The molecule has 2 saturated heterocycles. The average Bonchev–Trinajstić information content (AvgIpc) is 3.03. The van der Waals surface area contributed by atoms with Crippen molar-refractivity contribution in [3.8, 4) is 0 Å². The molecule has 0 spiro atoms. The molecular weight excluding hydrogens is 340 g/mol. The number of hydrogen-bond donors (Lipinski definition) is 2. The van der Waals surface area contributed by atoms with E-state index in [0.717, 1.165) is 12.5 Å². The van der Waals surface area contributed by atoms with Crippen molar-refractivity contribution in [1.82, 2.24) is 5.32 Å². The van der Waals surface area contributed by atoms with Gasteiger partial charge in [-0.3, -0.25) is 10.1 Å². The highest BCUT2D eigenvalue weighted by molar-refractivity contribution is 5.81. The van der Waals surface area contributed by atoms with Crippen LogP contribution in [0.4, 0.5) is 17.6 Å². The van der Waals surface area contributed by atoms with Gasteiger partial charge in [0.25, 0.3) is 0 Å². The van der Waals surface area contributed by atoms with Gasteiger partial charge in [0.15, 0.2) is 0 Å². The van der Waals surface area contributed by atoms with E-state index in [1.807, 2.05) is 0 Å². The summed E-state index contributed by atoms with van der Waals surface area (Å²) in [6, 6.07) is 2.22. The quantitative estimate of drug-likeness (QED) is 0.811. The van der Waals surface area contributed by atoms with Crippen LogP contribution >= 0.6 is 0 Å². The molecule has 4 nitrogen and oxygen atoms in total.